The SMILES string of the molecule is Cc1c(Cl)cccc1NC(=O)/C(C#N)=C\c1cc(Br)ccc1OCc1ccc2c(c1)OCO2. The number of fused-ring (bicyclic) bond motifs is 1. The van der Waals surface area contributed by atoms with Crippen LogP contribution in [0.5, 0.6) is 17.2 Å². The summed E-state index contributed by atoms with van der Waals surface area (Å²) in [5.74, 6) is 1.36. The molecule has 8 heteroatoms. The van der Waals surface area contributed by atoms with E-state index >= 15 is 0 Å². The summed E-state index contributed by atoms with van der Waals surface area (Å²) in [6.07, 6.45) is 1.49. The van der Waals surface area contributed by atoms with Gasteiger partial charge >= 0.3 is 0 Å². The van der Waals surface area contributed by atoms with E-state index in [1.807, 2.05) is 30.3 Å². The topological polar surface area (TPSA) is 80.6 Å². The molecular weight excluding hydrogens is 508 g/mol. The number of nitriles is 1. The highest BCUT2D eigenvalue weighted by molar-refractivity contribution is 9.10. The van der Waals surface area contributed by atoms with Crippen LogP contribution in [-0.4, -0.2) is 12.7 Å². The average molecular weight is 526 g/mol. The van der Waals surface area contributed by atoms with Crippen molar-refractivity contribution in [3.8, 4) is 23.3 Å². The van der Waals surface area contributed by atoms with Crippen molar-refractivity contribution in [2.75, 3.05) is 12.1 Å². The summed E-state index contributed by atoms with van der Waals surface area (Å²) < 4.78 is 17.5. The first-order valence-electron chi connectivity index (χ1n) is 9.94. The molecular formula is C25H18BrClN2O4. The third-order valence-corrected chi connectivity index (χ3v) is 5.89. The fourth-order valence-corrected chi connectivity index (χ4v) is 3.75. The molecule has 0 spiro atoms. The summed E-state index contributed by atoms with van der Waals surface area (Å²) in [6.45, 7) is 2.27. The largest absolute Gasteiger partial charge is 0.488 e. The van der Waals surface area contributed by atoms with Gasteiger partial charge in [-0.25, -0.2) is 0 Å². The molecule has 1 heterocycles. The molecule has 0 aliphatic carbocycles. The standard InChI is InChI=1S/C25H18BrClN2O4/c1-15-20(27)3-2-4-21(15)29-25(30)18(12-28)10-17-11-19(26)6-8-22(17)31-13-16-5-7-23-24(9-16)33-14-32-23/h2-11H,13-14H2,1H3,(H,29,30)/b18-10-. The third kappa shape index (κ3) is 5.30. The van der Waals surface area contributed by atoms with E-state index in [9.17, 15) is 10.1 Å². The fraction of sp³-hybridized carbons (Fsp3) is 0.120. The van der Waals surface area contributed by atoms with Gasteiger partial charge in [0, 0.05) is 20.7 Å². The molecule has 0 aromatic heterocycles. The minimum atomic E-state index is -0.537. The molecule has 0 radical (unpaired) electrons. The minimum Gasteiger partial charge on any atom is -0.488 e. The van der Waals surface area contributed by atoms with Crippen LogP contribution >= 0.6 is 27.5 Å². The summed E-state index contributed by atoms with van der Waals surface area (Å²) in [6, 6.07) is 18.1. The number of anilines is 1. The molecule has 0 saturated heterocycles. The number of hydrogen-bond donors (Lipinski definition) is 1. The van der Waals surface area contributed by atoms with Crippen LogP contribution in [0.15, 0.2) is 64.6 Å². The minimum absolute atomic E-state index is 0.0691. The van der Waals surface area contributed by atoms with Crippen LogP contribution in [0.2, 0.25) is 5.02 Å². The summed E-state index contributed by atoms with van der Waals surface area (Å²) in [5.41, 5.74) is 2.68. The lowest BCUT2D eigenvalue weighted by Gasteiger charge is -2.12. The van der Waals surface area contributed by atoms with Crippen molar-refractivity contribution in [1.82, 2.24) is 0 Å². The van der Waals surface area contributed by atoms with Crippen molar-refractivity contribution < 1.29 is 19.0 Å². The van der Waals surface area contributed by atoms with Crippen LogP contribution in [0.3, 0.4) is 0 Å². The van der Waals surface area contributed by atoms with Crippen LogP contribution in [0, 0.1) is 18.3 Å². The lowest BCUT2D eigenvalue weighted by Crippen LogP contribution is -2.14. The monoisotopic (exact) mass is 524 g/mol. The number of halogens is 2. The van der Waals surface area contributed by atoms with Crippen LogP contribution in [0.1, 0.15) is 16.7 Å². The van der Waals surface area contributed by atoms with E-state index in [0.29, 0.717) is 33.5 Å². The Morgan fingerprint density at radius 2 is 2.03 bits per heavy atom. The molecule has 166 valence electrons. The Kier molecular flexibility index (Phi) is 6.87. The number of ether oxygens (including phenoxy) is 3. The first kappa shape index (κ1) is 22.7. The number of carbonyl (C=O) groups excluding carboxylic acids is 1. The molecule has 1 amide bonds. The van der Waals surface area contributed by atoms with Gasteiger partial charge < -0.3 is 19.5 Å². The molecule has 0 saturated carbocycles. The lowest BCUT2D eigenvalue weighted by atomic mass is 10.1. The fourth-order valence-electron chi connectivity index (χ4n) is 3.19. The van der Waals surface area contributed by atoms with Crippen molar-refractivity contribution in [1.29, 1.82) is 5.26 Å². The summed E-state index contributed by atoms with van der Waals surface area (Å²) >= 11 is 9.56. The second-order valence-electron chi connectivity index (χ2n) is 7.19. The van der Waals surface area contributed by atoms with Gasteiger partial charge in [0.05, 0.1) is 0 Å². The molecule has 4 rings (SSSR count). The molecule has 0 atom stereocenters. The Labute approximate surface area is 204 Å². The smallest absolute Gasteiger partial charge is 0.266 e. The van der Waals surface area contributed by atoms with E-state index in [2.05, 4.69) is 21.2 Å². The molecule has 6 nitrogen and oxygen atoms in total. The van der Waals surface area contributed by atoms with E-state index in [1.165, 1.54) is 6.08 Å². The van der Waals surface area contributed by atoms with Gasteiger partial charge in [-0.15, -0.1) is 0 Å². The number of hydrogen-bond acceptors (Lipinski definition) is 5. The Hall–Kier alpha value is -3.47. The second-order valence-corrected chi connectivity index (χ2v) is 8.52. The summed E-state index contributed by atoms with van der Waals surface area (Å²) in [7, 11) is 0. The van der Waals surface area contributed by atoms with E-state index in [1.54, 1.807) is 37.3 Å². The van der Waals surface area contributed by atoms with Crippen molar-refractivity contribution >= 4 is 45.2 Å². The molecule has 0 bridgehead atoms. The first-order chi connectivity index (χ1) is 15.9. The van der Waals surface area contributed by atoms with Crippen LogP contribution in [0.4, 0.5) is 5.69 Å². The van der Waals surface area contributed by atoms with Gasteiger partial charge in [0.2, 0.25) is 6.79 Å². The molecule has 0 fully saturated rings. The molecule has 3 aromatic carbocycles. The summed E-state index contributed by atoms with van der Waals surface area (Å²) in [4.78, 5) is 12.8. The zero-order chi connectivity index (χ0) is 23.4. The van der Waals surface area contributed by atoms with Crippen LogP contribution in [0.25, 0.3) is 6.08 Å². The summed E-state index contributed by atoms with van der Waals surface area (Å²) in [5, 5.41) is 12.9. The third-order valence-electron chi connectivity index (χ3n) is 4.98. The lowest BCUT2D eigenvalue weighted by molar-refractivity contribution is -0.112. The van der Waals surface area contributed by atoms with Gasteiger partial charge in [-0.1, -0.05) is 39.7 Å². The molecule has 33 heavy (non-hydrogen) atoms. The van der Waals surface area contributed by atoms with Gasteiger partial charge in [0.15, 0.2) is 11.5 Å². The van der Waals surface area contributed by atoms with Gasteiger partial charge in [0.25, 0.3) is 5.91 Å². The second kappa shape index (κ2) is 9.99. The zero-order valence-electron chi connectivity index (χ0n) is 17.5. The number of amides is 1. The Morgan fingerprint density at radius 1 is 1.21 bits per heavy atom. The van der Waals surface area contributed by atoms with E-state index < -0.39 is 5.91 Å². The maximum atomic E-state index is 12.8. The van der Waals surface area contributed by atoms with Gasteiger partial charge in [-0.05, 0) is 66.6 Å². The Balaban J connectivity index is 1.55. The van der Waals surface area contributed by atoms with Crippen LogP contribution in [-0.2, 0) is 11.4 Å². The number of rotatable bonds is 6. The highest BCUT2D eigenvalue weighted by atomic mass is 79.9. The average Bonchev–Trinajstić information content (AvgIpc) is 3.27. The highest BCUT2D eigenvalue weighted by Gasteiger charge is 2.15. The molecule has 0 unspecified atom stereocenters. The first-order valence-corrected chi connectivity index (χ1v) is 11.1. The van der Waals surface area contributed by atoms with Crippen molar-refractivity contribution in [2.45, 2.75) is 13.5 Å². The van der Waals surface area contributed by atoms with E-state index in [4.69, 9.17) is 25.8 Å². The number of nitrogens with zero attached hydrogens (tertiary/aromatic N) is 1. The number of benzene rings is 3. The molecule has 1 N–H and O–H groups in total. The van der Waals surface area contributed by atoms with Crippen molar-refractivity contribution in [2.24, 2.45) is 0 Å². The van der Waals surface area contributed by atoms with Gasteiger partial charge in [-0.2, -0.15) is 5.26 Å². The predicted molar refractivity (Wildman–Crippen MR) is 129 cm³/mol. The van der Waals surface area contributed by atoms with Crippen molar-refractivity contribution in [3.63, 3.8) is 0 Å². The maximum absolute atomic E-state index is 12.8. The van der Waals surface area contributed by atoms with Gasteiger partial charge in [0.1, 0.15) is 24.0 Å². The molecule has 1 aliphatic rings. The quantitative estimate of drug-likeness (QED) is 0.303. The van der Waals surface area contributed by atoms with E-state index in [0.717, 1.165) is 15.6 Å². The normalized spacial score (nSPS) is 12.2. The zero-order valence-corrected chi connectivity index (χ0v) is 19.9. The highest BCUT2D eigenvalue weighted by Crippen LogP contribution is 2.33. The van der Waals surface area contributed by atoms with Gasteiger partial charge in [-0.3, -0.25) is 4.79 Å². The molecule has 1 aliphatic heterocycles. The maximum Gasteiger partial charge on any atom is 0.266 e. The molecule has 3 aromatic rings. The number of carbonyl (C=O) groups is 1. The van der Waals surface area contributed by atoms with Crippen molar-refractivity contribution in [3.05, 3.63) is 86.4 Å². The Morgan fingerprint density at radius 3 is 2.85 bits per heavy atom. The predicted octanol–water partition coefficient (Wildman–Crippen LogP) is 6.26. The van der Waals surface area contributed by atoms with E-state index in [-0.39, 0.29) is 19.0 Å². The Bertz CT molecular complexity index is 1300. The number of nitrogens with one attached hydrogen (secondary N) is 1. The van der Waals surface area contributed by atoms with Crippen LogP contribution < -0.4 is 19.5 Å².